The number of hydrogen-bond donors (Lipinski definition) is 1. The van der Waals surface area contributed by atoms with Gasteiger partial charge in [-0.2, -0.15) is 5.10 Å². The molecule has 1 saturated carbocycles. The molecule has 0 bridgehead atoms. The maximum absolute atomic E-state index is 12.6. The number of ether oxygens (including phenoxy) is 1. The van der Waals surface area contributed by atoms with Crippen LogP contribution in [-0.4, -0.2) is 52.1 Å². The number of piperidine rings is 1. The predicted molar refractivity (Wildman–Crippen MR) is 99.8 cm³/mol. The summed E-state index contributed by atoms with van der Waals surface area (Å²) in [4.78, 5) is 14.6. The molecule has 2 amide bonds. The molecule has 1 aliphatic carbocycles. The van der Waals surface area contributed by atoms with Gasteiger partial charge in [0.25, 0.3) is 0 Å². The fourth-order valence-electron chi connectivity index (χ4n) is 4.92. The van der Waals surface area contributed by atoms with Gasteiger partial charge in [0, 0.05) is 32.0 Å². The number of nitrogens with one attached hydrogen (secondary N) is 1. The molecule has 1 aromatic rings. The van der Waals surface area contributed by atoms with Crippen molar-refractivity contribution >= 4 is 6.03 Å². The van der Waals surface area contributed by atoms with Gasteiger partial charge in [0.1, 0.15) is 0 Å². The molecule has 3 heterocycles. The van der Waals surface area contributed by atoms with Crippen molar-refractivity contribution in [2.45, 2.75) is 76.0 Å². The number of aromatic nitrogens is 2. The van der Waals surface area contributed by atoms with E-state index >= 15 is 0 Å². The summed E-state index contributed by atoms with van der Waals surface area (Å²) in [5.74, 6) is 0.698. The van der Waals surface area contributed by atoms with Crippen LogP contribution in [-0.2, 0) is 11.3 Å². The minimum absolute atomic E-state index is 0.0652. The highest BCUT2D eigenvalue weighted by molar-refractivity contribution is 5.74. The van der Waals surface area contributed by atoms with Crippen LogP contribution in [0, 0.1) is 5.92 Å². The first kappa shape index (κ1) is 17.8. The number of rotatable bonds is 4. The van der Waals surface area contributed by atoms with E-state index in [2.05, 4.69) is 10.4 Å². The minimum atomic E-state index is 0.0652. The molecule has 26 heavy (non-hydrogen) atoms. The first-order valence-corrected chi connectivity index (χ1v) is 10.4. The van der Waals surface area contributed by atoms with Crippen molar-refractivity contribution < 1.29 is 9.53 Å². The molecule has 6 heteroatoms. The summed E-state index contributed by atoms with van der Waals surface area (Å²) in [6.45, 7) is 3.40. The van der Waals surface area contributed by atoms with Crippen LogP contribution < -0.4 is 5.32 Å². The zero-order chi connectivity index (χ0) is 17.8. The van der Waals surface area contributed by atoms with Crippen LogP contribution >= 0.6 is 0 Å². The van der Waals surface area contributed by atoms with Crippen LogP contribution in [0.5, 0.6) is 0 Å². The fraction of sp³-hybridized carbons (Fsp3) is 0.800. The zero-order valence-corrected chi connectivity index (χ0v) is 15.7. The van der Waals surface area contributed by atoms with Crippen LogP contribution in [0.3, 0.4) is 0 Å². The van der Waals surface area contributed by atoms with Gasteiger partial charge in [-0.3, -0.25) is 4.68 Å². The summed E-state index contributed by atoms with van der Waals surface area (Å²) in [5, 5.41) is 7.50. The standard InChI is InChI=1S/C20H32N4O2/c25-19(22-18-15-20(26-16-18)8-2-1-3-9-20)23-12-5-17(6-13-23)7-14-24-11-4-10-21-24/h4,10-11,17-18H,1-3,5-9,12-16H2,(H,22,25)/t18-/m1/s1. The molecule has 4 rings (SSSR count). The quantitative estimate of drug-likeness (QED) is 0.897. The maximum Gasteiger partial charge on any atom is 0.317 e. The van der Waals surface area contributed by atoms with E-state index < -0.39 is 0 Å². The highest BCUT2D eigenvalue weighted by atomic mass is 16.5. The van der Waals surface area contributed by atoms with E-state index in [-0.39, 0.29) is 17.7 Å². The Bertz CT molecular complexity index is 575. The molecular weight excluding hydrogens is 328 g/mol. The van der Waals surface area contributed by atoms with Gasteiger partial charge in [0.2, 0.25) is 0 Å². The Morgan fingerprint density at radius 1 is 1.23 bits per heavy atom. The molecule has 0 radical (unpaired) electrons. The summed E-state index contributed by atoms with van der Waals surface area (Å²) in [7, 11) is 0. The van der Waals surface area contributed by atoms with Crippen molar-refractivity contribution in [1.29, 1.82) is 0 Å². The third kappa shape index (κ3) is 4.22. The first-order chi connectivity index (χ1) is 12.7. The molecule has 1 spiro atoms. The van der Waals surface area contributed by atoms with Gasteiger partial charge >= 0.3 is 6.03 Å². The molecule has 2 saturated heterocycles. The fourth-order valence-corrected chi connectivity index (χ4v) is 4.92. The number of nitrogens with zero attached hydrogens (tertiary/aromatic N) is 3. The van der Waals surface area contributed by atoms with Gasteiger partial charge < -0.3 is 15.0 Å². The monoisotopic (exact) mass is 360 g/mol. The van der Waals surface area contributed by atoms with E-state index in [0.717, 1.165) is 45.3 Å². The van der Waals surface area contributed by atoms with E-state index in [1.165, 1.54) is 32.1 Å². The van der Waals surface area contributed by atoms with E-state index in [1.54, 1.807) is 0 Å². The van der Waals surface area contributed by atoms with Crippen LogP contribution in [0.25, 0.3) is 0 Å². The minimum Gasteiger partial charge on any atom is -0.373 e. The highest BCUT2D eigenvalue weighted by Gasteiger charge is 2.41. The number of amides is 2. The third-order valence-electron chi connectivity index (χ3n) is 6.53. The molecule has 1 N–H and O–H groups in total. The molecule has 3 fully saturated rings. The Kier molecular flexibility index (Phi) is 5.48. The SMILES string of the molecule is O=C(N[C@H]1COC2(CCCCC2)C1)N1CCC(CCn2cccn2)CC1. The summed E-state index contributed by atoms with van der Waals surface area (Å²) in [5.41, 5.74) is 0.0652. The number of urea groups is 1. The lowest BCUT2D eigenvalue weighted by Crippen LogP contribution is -2.48. The van der Waals surface area contributed by atoms with E-state index in [1.807, 2.05) is 28.0 Å². The van der Waals surface area contributed by atoms with E-state index in [0.29, 0.717) is 12.5 Å². The number of likely N-dealkylation sites (tertiary alicyclic amines) is 1. The Labute approximate surface area is 156 Å². The second-order valence-electron chi connectivity index (χ2n) is 8.39. The smallest absolute Gasteiger partial charge is 0.317 e. The first-order valence-electron chi connectivity index (χ1n) is 10.4. The van der Waals surface area contributed by atoms with Crippen molar-refractivity contribution in [2.75, 3.05) is 19.7 Å². The van der Waals surface area contributed by atoms with Gasteiger partial charge in [-0.05, 0) is 50.5 Å². The second kappa shape index (κ2) is 7.99. The molecule has 6 nitrogen and oxygen atoms in total. The number of aryl methyl sites for hydroxylation is 1. The van der Waals surface area contributed by atoms with Crippen LogP contribution in [0.15, 0.2) is 18.5 Å². The zero-order valence-electron chi connectivity index (χ0n) is 15.7. The van der Waals surface area contributed by atoms with Crippen LogP contribution in [0.4, 0.5) is 4.79 Å². The molecule has 144 valence electrons. The van der Waals surface area contributed by atoms with Gasteiger partial charge in [0.05, 0.1) is 18.2 Å². The van der Waals surface area contributed by atoms with Gasteiger partial charge in [-0.25, -0.2) is 4.79 Å². The van der Waals surface area contributed by atoms with Crippen LogP contribution in [0.1, 0.15) is 57.8 Å². The van der Waals surface area contributed by atoms with Crippen molar-refractivity contribution in [2.24, 2.45) is 5.92 Å². The van der Waals surface area contributed by atoms with Crippen molar-refractivity contribution in [3.05, 3.63) is 18.5 Å². The lowest BCUT2D eigenvalue weighted by Gasteiger charge is -2.33. The third-order valence-corrected chi connectivity index (χ3v) is 6.53. The number of carbonyl (C=O) groups excluding carboxylic acids is 1. The Hall–Kier alpha value is -1.56. The average molecular weight is 361 g/mol. The average Bonchev–Trinajstić information content (AvgIpc) is 3.32. The summed E-state index contributed by atoms with van der Waals surface area (Å²) in [6, 6.07) is 2.27. The summed E-state index contributed by atoms with van der Waals surface area (Å²) < 4.78 is 8.13. The largest absolute Gasteiger partial charge is 0.373 e. The predicted octanol–water partition coefficient (Wildman–Crippen LogP) is 3.19. The maximum atomic E-state index is 12.6. The molecular formula is C20H32N4O2. The van der Waals surface area contributed by atoms with Gasteiger partial charge in [-0.15, -0.1) is 0 Å². The number of hydrogen-bond acceptors (Lipinski definition) is 3. The number of carbonyl (C=O) groups is 1. The van der Waals surface area contributed by atoms with Crippen LogP contribution in [0.2, 0.25) is 0 Å². The van der Waals surface area contributed by atoms with E-state index in [9.17, 15) is 4.79 Å². The van der Waals surface area contributed by atoms with Crippen molar-refractivity contribution in [3.63, 3.8) is 0 Å². The van der Waals surface area contributed by atoms with Gasteiger partial charge in [-0.1, -0.05) is 19.3 Å². The summed E-state index contributed by atoms with van der Waals surface area (Å²) >= 11 is 0. The molecule has 3 aliphatic rings. The Morgan fingerprint density at radius 2 is 2.04 bits per heavy atom. The second-order valence-corrected chi connectivity index (χ2v) is 8.39. The molecule has 0 unspecified atom stereocenters. The Morgan fingerprint density at radius 3 is 2.77 bits per heavy atom. The van der Waals surface area contributed by atoms with Crippen molar-refractivity contribution in [1.82, 2.24) is 20.0 Å². The molecule has 1 aromatic heterocycles. The lowest BCUT2D eigenvalue weighted by atomic mass is 9.82. The molecule has 2 aliphatic heterocycles. The summed E-state index contributed by atoms with van der Waals surface area (Å²) in [6.07, 6.45) is 14.4. The lowest BCUT2D eigenvalue weighted by molar-refractivity contribution is -0.0246. The molecule has 1 atom stereocenters. The molecule has 0 aromatic carbocycles. The Balaban J connectivity index is 1.18. The topological polar surface area (TPSA) is 59.4 Å². The normalized spacial score (nSPS) is 26.3. The van der Waals surface area contributed by atoms with E-state index in [4.69, 9.17) is 4.74 Å². The highest BCUT2D eigenvalue weighted by Crippen LogP contribution is 2.39. The van der Waals surface area contributed by atoms with Crippen molar-refractivity contribution in [3.8, 4) is 0 Å². The van der Waals surface area contributed by atoms with Gasteiger partial charge in [0.15, 0.2) is 0 Å².